The molecule has 0 aromatic heterocycles. The molecule has 0 saturated heterocycles. The van der Waals surface area contributed by atoms with Crippen LogP contribution in [0.5, 0.6) is 0 Å². The third-order valence-electron chi connectivity index (χ3n) is 3.23. The largest absolute Gasteiger partial charge is 0.480 e. The number of urea groups is 1. The third kappa shape index (κ3) is 5.07. The second-order valence-electron chi connectivity index (χ2n) is 5.31. The molecule has 0 spiro atoms. The van der Waals surface area contributed by atoms with Crippen molar-refractivity contribution in [3.05, 3.63) is 0 Å². The fourth-order valence-electron chi connectivity index (χ4n) is 1.79. The molecule has 0 aliphatic heterocycles. The summed E-state index contributed by atoms with van der Waals surface area (Å²) < 4.78 is 4.43. The normalized spacial score (nSPS) is 15.6. The molecule has 114 valence electrons. The van der Waals surface area contributed by atoms with E-state index in [1.165, 1.54) is 7.11 Å². The van der Waals surface area contributed by atoms with Gasteiger partial charge in [-0.3, -0.25) is 4.79 Å². The monoisotopic (exact) mass is 286 g/mol. The minimum Gasteiger partial charge on any atom is -0.480 e. The molecule has 7 nitrogen and oxygen atoms in total. The maximum Gasteiger partial charge on any atom is 0.326 e. The number of carboxylic acid groups (broad SMARTS) is 1. The summed E-state index contributed by atoms with van der Waals surface area (Å²) in [5.41, 5.74) is 0. The zero-order chi connectivity index (χ0) is 15.3. The third-order valence-corrected chi connectivity index (χ3v) is 3.23. The SMILES string of the molecule is COC(=O)C[C@H](NC(=O)N(CC1CC1)C(C)C)C(=O)O. The number of hydrogen-bond acceptors (Lipinski definition) is 4. The Bertz CT molecular complexity index is 379. The lowest BCUT2D eigenvalue weighted by atomic mass is 10.2. The van der Waals surface area contributed by atoms with E-state index in [1.54, 1.807) is 4.90 Å². The zero-order valence-electron chi connectivity index (χ0n) is 12.1. The highest BCUT2D eigenvalue weighted by Gasteiger charge is 2.31. The lowest BCUT2D eigenvalue weighted by Crippen LogP contribution is -2.51. The van der Waals surface area contributed by atoms with Crippen molar-refractivity contribution >= 4 is 18.0 Å². The van der Waals surface area contributed by atoms with Crippen molar-refractivity contribution in [3.8, 4) is 0 Å². The Morgan fingerprint density at radius 2 is 1.95 bits per heavy atom. The number of carbonyl (C=O) groups is 3. The number of aliphatic carboxylic acids is 1. The van der Waals surface area contributed by atoms with Crippen molar-refractivity contribution in [2.45, 2.75) is 45.2 Å². The van der Waals surface area contributed by atoms with Crippen molar-refractivity contribution in [3.63, 3.8) is 0 Å². The van der Waals surface area contributed by atoms with E-state index >= 15 is 0 Å². The predicted molar refractivity (Wildman–Crippen MR) is 71.2 cm³/mol. The number of ether oxygens (including phenoxy) is 1. The Morgan fingerprint density at radius 3 is 2.35 bits per heavy atom. The summed E-state index contributed by atoms with van der Waals surface area (Å²) in [4.78, 5) is 36.0. The number of nitrogens with zero attached hydrogens (tertiary/aromatic N) is 1. The summed E-state index contributed by atoms with van der Waals surface area (Å²) in [6.45, 7) is 4.37. The van der Waals surface area contributed by atoms with Crippen LogP contribution in [0.25, 0.3) is 0 Å². The molecule has 0 unspecified atom stereocenters. The molecule has 2 amide bonds. The van der Waals surface area contributed by atoms with E-state index < -0.39 is 24.0 Å². The Labute approximate surface area is 118 Å². The molecule has 1 fully saturated rings. The summed E-state index contributed by atoms with van der Waals surface area (Å²) in [5.74, 6) is -1.41. The van der Waals surface area contributed by atoms with E-state index in [1.807, 2.05) is 13.8 Å². The fourth-order valence-corrected chi connectivity index (χ4v) is 1.79. The van der Waals surface area contributed by atoms with Crippen LogP contribution in [-0.2, 0) is 14.3 Å². The molecule has 0 heterocycles. The number of esters is 1. The van der Waals surface area contributed by atoms with E-state index in [9.17, 15) is 14.4 Å². The zero-order valence-corrected chi connectivity index (χ0v) is 12.1. The van der Waals surface area contributed by atoms with E-state index in [0.717, 1.165) is 12.8 Å². The van der Waals surface area contributed by atoms with Gasteiger partial charge in [-0.25, -0.2) is 9.59 Å². The first-order valence-electron chi connectivity index (χ1n) is 6.71. The quantitative estimate of drug-likeness (QED) is 0.676. The van der Waals surface area contributed by atoms with Crippen molar-refractivity contribution in [2.24, 2.45) is 5.92 Å². The average Bonchev–Trinajstić information content (AvgIpc) is 3.17. The number of nitrogens with one attached hydrogen (secondary N) is 1. The summed E-state index contributed by atoms with van der Waals surface area (Å²) in [6, 6.07) is -1.75. The van der Waals surface area contributed by atoms with Gasteiger partial charge in [0.1, 0.15) is 6.04 Å². The number of methoxy groups -OCH3 is 1. The molecule has 20 heavy (non-hydrogen) atoms. The molecule has 1 aliphatic carbocycles. The molecular formula is C13H22N2O5. The van der Waals surface area contributed by atoms with Crippen LogP contribution in [0.4, 0.5) is 4.79 Å². The minimum absolute atomic E-state index is 0.0248. The van der Waals surface area contributed by atoms with Gasteiger partial charge in [0, 0.05) is 12.6 Å². The molecule has 0 aromatic rings. The Hall–Kier alpha value is -1.79. The highest BCUT2D eigenvalue weighted by atomic mass is 16.5. The molecule has 0 bridgehead atoms. The Kier molecular flexibility index (Phi) is 5.79. The van der Waals surface area contributed by atoms with Gasteiger partial charge in [0.05, 0.1) is 13.5 Å². The molecule has 1 atom stereocenters. The van der Waals surface area contributed by atoms with Gasteiger partial charge < -0.3 is 20.1 Å². The standard InChI is InChI=1S/C13H22N2O5/c1-8(2)15(7-9-4-5-9)13(19)14-10(12(17)18)6-11(16)20-3/h8-10H,4-7H2,1-3H3,(H,14,19)(H,17,18)/t10-/m0/s1. The molecule has 2 N–H and O–H groups in total. The van der Waals surface area contributed by atoms with Gasteiger partial charge >= 0.3 is 18.0 Å². The highest BCUT2D eigenvalue weighted by molar-refractivity contribution is 5.86. The van der Waals surface area contributed by atoms with Gasteiger partial charge in [0.2, 0.25) is 0 Å². The predicted octanol–water partition coefficient (Wildman–Crippen LogP) is 0.833. The first kappa shape index (κ1) is 16.3. The van der Waals surface area contributed by atoms with Crippen LogP contribution in [0, 0.1) is 5.92 Å². The second kappa shape index (κ2) is 7.12. The van der Waals surface area contributed by atoms with Gasteiger partial charge in [0.15, 0.2) is 0 Å². The van der Waals surface area contributed by atoms with Crippen LogP contribution in [0.1, 0.15) is 33.1 Å². The smallest absolute Gasteiger partial charge is 0.326 e. The van der Waals surface area contributed by atoms with Crippen molar-refractivity contribution in [2.75, 3.05) is 13.7 Å². The van der Waals surface area contributed by atoms with Crippen LogP contribution in [0.2, 0.25) is 0 Å². The highest BCUT2D eigenvalue weighted by Crippen LogP contribution is 2.30. The van der Waals surface area contributed by atoms with Crippen LogP contribution in [-0.4, -0.2) is 53.7 Å². The molecule has 7 heteroatoms. The van der Waals surface area contributed by atoms with Gasteiger partial charge in [-0.05, 0) is 32.6 Å². The number of amides is 2. The number of rotatable bonds is 7. The van der Waals surface area contributed by atoms with E-state index in [-0.39, 0.29) is 12.5 Å². The first-order valence-corrected chi connectivity index (χ1v) is 6.71. The fraction of sp³-hybridized carbons (Fsp3) is 0.769. The topological polar surface area (TPSA) is 95.9 Å². The van der Waals surface area contributed by atoms with Crippen molar-refractivity contribution < 1.29 is 24.2 Å². The lowest BCUT2D eigenvalue weighted by Gasteiger charge is -2.28. The van der Waals surface area contributed by atoms with Crippen LogP contribution < -0.4 is 5.32 Å². The lowest BCUT2D eigenvalue weighted by molar-refractivity contribution is -0.147. The van der Waals surface area contributed by atoms with Crippen molar-refractivity contribution in [1.29, 1.82) is 0 Å². The Morgan fingerprint density at radius 1 is 1.35 bits per heavy atom. The molecular weight excluding hydrogens is 264 g/mol. The summed E-state index contributed by atoms with van der Waals surface area (Å²) in [6.07, 6.45) is 1.81. The van der Waals surface area contributed by atoms with Gasteiger partial charge in [-0.15, -0.1) is 0 Å². The maximum atomic E-state index is 12.1. The second-order valence-corrected chi connectivity index (χ2v) is 5.31. The van der Waals surface area contributed by atoms with Crippen LogP contribution in [0.15, 0.2) is 0 Å². The summed E-state index contributed by atoms with van der Waals surface area (Å²) in [7, 11) is 1.18. The Balaban J connectivity index is 2.61. The maximum absolute atomic E-state index is 12.1. The molecule has 0 radical (unpaired) electrons. The first-order chi connectivity index (χ1) is 9.35. The van der Waals surface area contributed by atoms with Crippen LogP contribution >= 0.6 is 0 Å². The van der Waals surface area contributed by atoms with Gasteiger partial charge in [-0.1, -0.05) is 0 Å². The van der Waals surface area contributed by atoms with E-state index in [0.29, 0.717) is 12.5 Å². The molecule has 1 aliphatic rings. The molecule has 0 aromatic carbocycles. The summed E-state index contributed by atoms with van der Waals surface area (Å²) >= 11 is 0. The van der Waals surface area contributed by atoms with Crippen LogP contribution in [0.3, 0.4) is 0 Å². The van der Waals surface area contributed by atoms with E-state index in [4.69, 9.17) is 5.11 Å². The van der Waals surface area contributed by atoms with Gasteiger partial charge in [0.25, 0.3) is 0 Å². The number of hydrogen-bond donors (Lipinski definition) is 2. The van der Waals surface area contributed by atoms with E-state index in [2.05, 4.69) is 10.1 Å². The summed E-state index contributed by atoms with van der Waals surface area (Å²) in [5, 5.41) is 11.4. The number of carbonyl (C=O) groups excluding carboxylic acids is 2. The molecule has 1 rings (SSSR count). The van der Waals surface area contributed by atoms with Crippen molar-refractivity contribution in [1.82, 2.24) is 10.2 Å². The van der Waals surface area contributed by atoms with Gasteiger partial charge in [-0.2, -0.15) is 0 Å². The molecule has 1 saturated carbocycles. The average molecular weight is 286 g/mol. The minimum atomic E-state index is -1.27. The number of carboxylic acids is 1.